The fourth-order valence-electron chi connectivity index (χ4n) is 3.28. The number of fused-ring (bicyclic) bond motifs is 1. The van der Waals surface area contributed by atoms with Gasteiger partial charge in [0.1, 0.15) is 0 Å². The van der Waals surface area contributed by atoms with Crippen molar-refractivity contribution < 1.29 is 4.74 Å². The molecular weight excluding hydrogens is 282 g/mol. The average Bonchev–Trinajstić information content (AvgIpc) is 2.82. The molecule has 2 fully saturated rings. The number of nitrogens with zero attached hydrogens (tertiary/aromatic N) is 3. The van der Waals surface area contributed by atoms with Crippen molar-refractivity contribution in [1.29, 1.82) is 0 Å². The molecule has 0 spiro atoms. The Bertz CT molecular complexity index is 657. The van der Waals surface area contributed by atoms with Gasteiger partial charge in [-0.05, 0) is 31.0 Å². The van der Waals surface area contributed by atoms with Crippen LogP contribution in [0, 0.1) is 13.8 Å². The number of benzene rings is 1. The molecule has 2 saturated heterocycles. The molecule has 0 unspecified atom stereocenters. The maximum atomic E-state index is 5.43. The highest BCUT2D eigenvalue weighted by Crippen LogP contribution is 2.34. The van der Waals surface area contributed by atoms with Crippen LogP contribution in [0.3, 0.4) is 0 Å². The Balaban J connectivity index is 1.49. The van der Waals surface area contributed by atoms with E-state index >= 15 is 0 Å². The van der Waals surface area contributed by atoms with Crippen molar-refractivity contribution in [1.82, 2.24) is 9.88 Å². The number of hydrogen-bond donors (Lipinski definition) is 0. The normalized spacial score (nSPS) is 21.0. The van der Waals surface area contributed by atoms with Crippen LogP contribution in [0.2, 0.25) is 0 Å². The van der Waals surface area contributed by atoms with Crippen molar-refractivity contribution in [2.75, 3.05) is 44.3 Å². The molecule has 0 N–H and O–H groups in total. The molecule has 0 aliphatic carbocycles. The van der Waals surface area contributed by atoms with E-state index in [2.05, 4.69) is 35.8 Å². The molecule has 0 bridgehead atoms. The molecule has 2 aromatic rings. The molecule has 4 nitrogen and oxygen atoms in total. The third-order valence-corrected chi connectivity index (χ3v) is 5.58. The molecule has 1 aromatic heterocycles. The van der Waals surface area contributed by atoms with Crippen LogP contribution in [-0.4, -0.2) is 55.3 Å². The lowest BCUT2D eigenvalue weighted by atomic mass is 10.1. The third-order valence-electron chi connectivity index (χ3n) is 4.51. The zero-order chi connectivity index (χ0) is 14.4. The fraction of sp³-hybridized carbons (Fsp3) is 0.562. The second-order valence-electron chi connectivity index (χ2n) is 6.13. The smallest absolute Gasteiger partial charge is 0.186 e. The largest absolute Gasteiger partial charge is 0.379 e. The Morgan fingerprint density at radius 3 is 2.71 bits per heavy atom. The van der Waals surface area contributed by atoms with Gasteiger partial charge in [0.15, 0.2) is 5.13 Å². The minimum absolute atomic E-state index is 0.684. The summed E-state index contributed by atoms with van der Waals surface area (Å²) in [6, 6.07) is 5.16. The number of ether oxygens (including phenoxy) is 1. The van der Waals surface area contributed by atoms with Crippen LogP contribution >= 0.6 is 11.3 Å². The van der Waals surface area contributed by atoms with E-state index < -0.39 is 0 Å². The van der Waals surface area contributed by atoms with Gasteiger partial charge in [0.05, 0.1) is 23.4 Å². The lowest BCUT2D eigenvalue weighted by Gasteiger charge is -2.46. The van der Waals surface area contributed by atoms with Gasteiger partial charge in [0.25, 0.3) is 0 Å². The summed E-state index contributed by atoms with van der Waals surface area (Å²) in [6.07, 6.45) is 0. The SMILES string of the molecule is Cc1cc(C)c2nc(N3CC(N4CCOCC4)C3)sc2c1. The maximum Gasteiger partial charge on any atom is 0.186 e. The van der Waals surface area contributed by atoms with Gasteiger partial charge >= 0.3 is 0 Å². The summed E-state index contributed by atoms with van der Waals surface area (Å²) in [7, 11) is 0. The topological polar surface area (TPSA) is 28.6 Å². The number of anilines is 1. The van der Waals surface area contributed by atoms with E-state index in [4.69, 9.17) is 9.72 Å². The van der Waals surface area contributed by atoms with Crippen LogP contribution in [-0.2, 0) is 4.74 Å². The van der Waals surface area contributed by atoms with Crippen molar-refractivity contribution in [2.45, 2.75) is 19.9 Å². The number of aromatic nitrogens is 1. The molecule has 5 heteroatoms. The van der Waals surface area contributed by atoms with Crippen LogP contribution in [0.1, 0.15) is 11.1 Å². The number of aryl methyl sites for hydroxylation is 2. The van der Waals surface area contributed by atoms with Gasteiger partial charge in [0.2, 0.25) is 0 Å². The molecular formula is C16H21N3OS. The summed E-state index contributed by atoms with van der Waals surface area (Å²) < 4.78 is 6.75. The molecule has 2 aliphatic heterocycles. The van der Waals surface area contributed by atoms with E-state index in [-0.39, 0.29) is 0 Å². The Labute approximate surface area is 129 Å². The fourth-order valence-corrected chi connectivity index (χ4v) is 4.44. The Kier molecular flexibility index (Phi) is 3.36. The minimum atomic E-state index is 0.684. The average molecular weight is 303 g/mol. The van der Waals surface area contributed by atoms with Gasteiger partial charge in [-0.3, -0.25) is 4.90 Å². The quantitative estimate of drug-likeness (QED) is 0.852. The predicted octanol–water partition coefficient (Wildman–Crippen LogP) is 2.43. The van der Waals surface area contributed by atoms with Crippen LogP contribution in [0.15, 0.2) is 12.1 Å². The highest BCUT2D eigenvalue weighted by atomic mass is 32.1. The van der Waals surface area contributed by atoms with Gasteiger partial charge in [-0.2, -0.15) is 0 Å². The summed E-state index contributed by atoms with van der Waals surface area (Å²) in [5, 5.41) is 1.18. The number of morpholine rings is 1. The van der Waals surface area contributed by atoms with Crippen molar-refractivity contribution in [3.8, 4) is 0 Å². The van der Waals surface area contributed by atoms with E-state index in [0.29, 0.717) is 6.04 Å². The Hall–Kier alpha value is -1.17. The maximum absolute atomic E-state index is 5.43. The molecule has 0 radical (unpaired) electrons. The third kappa shape index (κ3) is 2.43. The highest BCUT2D eigenvalue weighted by Gasteiger charge is 2.34. The lowest BCUT2D eigenvalue weighted by molar-refractivity contribution is 0.0105. The van der Waals surface area contributed by atoms with Gasteiger partial charge in [-0.1, -0.05) is 17.4 Å². The van der Waals surface area contributed by atoms with Gasteiger partial charge in [0, 0.05) is 32.2 Å². The number of hydrogen-bond acceptors (Lipinski definition) is 5. The van der Waals surface area contributed by atoms with Crippen LogP contribution in [0.5, 0.6) is 0 Å². The standard InChI is InChI=1S/C16H21N3OS/c1-11-7-12(2)15-14(8-11)21-16(17-15)19-9-13(10-19)18-3-5-20-6-4-18/h7-8,13H,3-6,9-10H2,1-2H3. The summed E-state index contributed by atoms with van der Waals surface area (Å²) in [5.41, 5.74) is 3.79. The second-order valence-corrected chi connectivity index (χ2v) is 7.14. The summed E-state index contributed by atoms with van der Waals surface area (Å²) in [4.78, 5) is 9.83. The van der Waals surface area contributed by atoms with E-state index in [1.807, 2.05) is 11.3 Å². The summed E-state index contributed by atoms with van der Waals surface area (Å²) >= 11 is 1.83. The Morgan fingerprint density at radius 2 is 1.95 bits per heavy atom. The van der Waals surface area contributed by atoms with E-state index in [1.165, 1.54) is 26.5 Å². The zero-order valence-corrected chi connectivity index (χ0v) is 13.4. The highest BCUT2D eigenvalue weighted by molar-refractivity contribution is 7.22. The monoisotopic (exact) mass is 303 g/mol. The van der Waals surface area contributed by atoms with Gasteiger partial charge in [-0.15, -0.1) is 0 Å². The molecule has 21 heavy (non-hydrogen) atoms. The molecule has 0 amide bonds. The summed E-state index contributed by atoms with van der Waals surface area (Å²) in [6.45, 7) is 10.5. The number of thiazole rings is 1. The van der Waals surface area contributed by atoms with Crippen LogP contribution in [0.25, 0.3) is 10.2 Å². The van der Waals surface area contributed by atoms with Gasteiger partial charge < -0.3 is 9.64 Å². The van der Waals surface area contributed by atoms with Crippen molar-refractivity contribution in [3.05, 3.63) is 23.3 Å². The van der Waals surface area contributed by atoms with Crippen LogP contribution < -0.4 is 4.90 Å². The first kappa shape index (κ1) is 13.5. The van der Waals surface area contributed by atoms with Crippen molar-refractivity contribution in [2.24, 2.45) is 0 Å². The predicted molar refractivity (Wildman–Crippen MR) is 87.5 cm³/mol. The first-order valence-electron chi connectivity index (χ1n) is 7.65. The second kappa shape index (κ2) is 5.23. The van der Waals surface area contributed by atoms with E-state index in [1.54, 1.807) is 0 Å². The molecule has 3 heterocycles. The van der Waals surface area contributed by atoms with Crippen LogP contribution in [0.4, 0.5) is 5.13 Å². The van der Waals surface area contributed by atoms with E-state index in [0.717, 1.165) is 39.4 Å². The first-order chi connectivity index (χ1) is 10.2. The molecule has 0 atom stereocenters. The molecule has 112 valence electrons. The van der Waals surface area contributed by atoms with Gasteiger partial charge in [-0.25, -0.2) is 4.98 Å². The van der Waals surface area contributed by atoms with Crippen molar-refractivity contribution >= 4 is 26.7 Å². The lowest BCUT2D eigenvalue weighted by Crippen LogP contribution is -2.61. The number of rotatable bonds is 2. The molecule has 2 aliphatic rings. The zero-order valence-electron chi connectivity index (χ0n) is 12.6. The first-order valence-corrected chi connectivity index (χ1v) is 8.47. The molecule has 1 aromatic carbocycles. The van der Waals surface area contributed by atoms with E-state index in [9.17, 15) is 0 Å². The minimum Gasteiger partial charge on any atom is -0.379 e. The summed E-state index contributed by atoms with van der Waals surface area (Å²) in [5.74, 6) is 0. The van der Waals surface area contributed by atoms with Crippen molar-refractivity contribution in [3.63, 3.8) is 0 Å². The molecule has 0 saturated carbocycles. The Morgan fingerprint density at radius 1 is 1.19 bits per heavy atom. The molecule has 4 rings (SSSR count).